The van der Waals surface area contributed by atoms with Crippen LogP contribution < -0.4 is 5.32 Å². The Hall–Kier alpha value is -0.470. The van der Waals surface area contributed by atoms with E-state index in [9.17, 15) is 0 Å². The molecule has 2 nitrogen and oxygen atoms in total. The largest absolute Gasteiger partial charge is 0.352 e. The predicted molar refractivity (Wildman–Crippen MR) is 53.3 cm³/mol. The van der Waals surface area contributed by atoms with Crippen LogP contribution in [-0.2, 0) is 11.8 Å². The van der Waals surface area contributed by atoms with E-state index in [0.717, 1.165) is 24.7 Å². The minimum absolute atomic E-state index is 0.416. The van der Waals surface area contributed by atoms with Gasteiger partial charge in [-0.05, 0) is 36.9 Å². The number of fused-ring (bicyclic) bond motifs is 2. The molecule has 2 N–H and O–H groups in total. The Bertz CT molecular complexity index is 337. The first-order chi connectivity index (χ1) is 6.32. The molecule has 1 unspecified atom stereocenters. The van der Waals surface area contributed by atoms with Gasteiger partial charge in [0.05, 0.1) is 0 Å². The van der Waals surface area contributed by atoms with E-state index >= 15 is 0 Å². The number of rotatable bonds is 0. The summed E-state index contributed by atoms with van der Waals surface area (Å²) in [7, 11) is 0. The molecule has 0 bridgehead atoms. The van der Waals surface area contributed by atoms with Crippen molar-refractivity contribution >= 4 is 11.6 Å². The van der Waals surface area contributed by atoms with Gasteiger partial charge in [-0.25, -0.2) is 0 Å². The smallest absolute Gasteiger partial charge is 0.109 e. The normalized spacial score (nSPS) is 31.5. The molecule has 1 aliphatic heterocycles. The minimum atomic E-state index is 0.416. The van der Waals surface area contributed by atoms with Gasteiger partial charge in [-0.3, -0.25) is 0 Å². The monoisotopic (exact) mass is 196 g/mol. The zero-order valence-corrected chi connectivity index (χ0v) is 8.25. The average Bonchev–Trinajstić information content (AvgIpc) is 2.76. The second-order valence-electron chi connectivity index (χ2n) is 4.20. The molecule has 1 atom stereocenters. The van der Waals surface area contributed by atoms with Crippen LogP contribution in [-0.4, -0.2) is 18.1 Å². The van der Waals surface area contributed by atoms with Gasteiger partial charge in [-0.2, -0.15) is 0 Å². The lowest BCUT2D eigenvalue weighted by Crippen LogP contribution is -2.25. The van der Waals surface area contributed by atoms with Crippen molar-refractivity contribution in [1.29, 1.82) is 0 Å². The van der Waals surface area contributed by atoms with Gasteiger partial charge in [0.25, 0.3) is 0 Å². The van der Waals surface area contributed by atoms with E-state index in [1.807, 2.05) is 0 Å². The molecule has 1 aliphatic carbocycles. The average molecular weight is 197 g/mol. The van der Waals surface area contributed by atoms with Gasteiger partial charge in [0.2, 0.25) is 0 Å². The van der Waals surface area contributed by atoms with Crippen molar-refractivity contribution < 1.29 is 0 Å². The zero-order valence-electron chi connectivity index (χ0n) is 7.49. The molecule has 0 saturated carbocycles. The summed E-state index contributed by atoms with van der Waals surface area (Å²) in [5.41, 5.74) is 3.26. The van der Waals surface area contributed by atoms with Crippen molar-refractivity contribution in [2.24, 2.45) is 0 Å². The third kappa shape index (κ3) is 0.931. The highest BCUT2D eigenvalue weighted by molar-refractivity contribution is 6.30. The molecule has 0 radical (unpaired) electrons. The summed E-state index contributed by atoms with van der Waals surface area (Å²) < 4.78 is 0. The lowest BCUT2D eigenvalue weighted by Gasteiger charge is -2.21. The first kappa shape index (κ1) is 7.89. The highest BCUT2D eigenvalue weighted by Crippen LogP contribution is 2.45. The molecule has 0 aromatic carbocycles. The van der Waals surface area contributed by atoms with Crippen molar-refractivity contribution in [1.82, 2.24) is 10.3 Å². The molecule has 1 aromatic heterocycles. The van der Waals surface area contributed by atoms with E-state index in [1.165, 1.54) is 24.0 Å². The molecular weight excluding hydrogens is 184 g/mol. The fraction of sp³-hybridized carbons (Fsp3) is 0.600. The summed E-state index contributed by atoms with van der Waals surface area (Å²) in [6.07, 6.45) is 5.81. The summed E-state index contributed by atoms with van der Waals surface area (Å²) in [5, 5.41) is 4.31. The second kappa shape index (κ2) is 2.52. The van der Waals surface area contributed by atoms with Crippen LogP contribution >= 0.6 is 11.6 Å². The van der Waals surface area contributed by atoms with E-state index in [2.05, 4.69) is 16.5 Å². The first-order valence-electron chi connectivity index (χ1n) is 4.89. The van der Waals surface area contributed by atoms with Gasteiger partial charge in [0.15, 0.2) is 0 Å². The van der Waals surface area contributed by atoms with Gasteiger partial charge in [0.1, 0.15) is 5.15 Å². The van der Waals surface area contributed by atoms with Gasteiger partial charge in [-0.15, -0.1) is 0 Å². The second-order valence-corrected chi connectivity index (χ2v) is 4.58. The van der Waals surface area contributed by atoms with Crippen LogP contribution in [0.4, 0.5) is 0 Å². The molecule has 13 heavy (non-hydrogen) atoms. The van der Waals surface area contributed by atoms with Crippen molar-refractivity contribution in [2.45, 2.75) is 24.7 Å². The quantitative estimate of drug-likeness (QED) is 0.651. The number of aromatic amines is 1. The molecule has 2 heterocycles. The third-order valence-corrected chi connectivity index (χ3v) is 3.94. The Balaban J connectivity index is 2.11. The van der Waals surface area contributed by atoms with Crippen molar-refractivity contribution in [3.63, 3.8) is 0 Å². The van der Waals surface area contributed by atoms with Crippen LogP contribution in [0.3, 0.4) is 0 Å². The molecule has 3 heteroatoms. The summed E-state index contributed by atoms with van der Waals surface area (Å²) in [6, 6.07) is 0. The van der Waals surface area contributed by atoms with Gasteiger partial charge in [0, 0.05) is 18.2 Å². The Morgan fingerprint density at radius 3 is 3.08 bits per heavy atom. The fourth-order valence-corrected chi connectivity index (χ4v) is 3.08. The van der Waals surface area contributed by atoms with Gasteiger partial charge in [-0.1, -0.05) is 11.6 Å². The van der Waals surface area contributed by atoms with Crippen molar-refractivity contribution in [3.05, 3.63) is 22.5 Å². The minimum Gasteiger partial charge on any atom is -0.352 e. The maximum Gasteiger partial charge on any atom is 0.109 e. The van der Waals surface area contributed by atoms with Crippen LogP contribution in [0.2, 0.25) is 5.15 Å². The maximum atomic E-state index is 6.07. The van der Waals surface area contributed by atoms with E-state index < -0.39 is 0 Å². The lowest BCUT2D eigenvalue weighted by molar-refractivity contribution is 0.467. The van der Waals surface area contributed by atoms with E-state index in [-0.39, 0.29) is 0 Å². The Labute approximate surface area is 82.7 Å². The van der Waals surface area contributed by atoms with Crippen LogP contribution in [0.1, 0.15) is 24.0 Å². The van der Waals surface area contributed by atoms with Crippen molar-refractivity contribution in [2.75, 3.05) is 13.1 Å². The maximum absolute atomic E-state index is 6.07. The third-order valence-electron chi connectivity index (χ3n) is 3.60. The first-order valence-corrected chi connectivity index (χ1v) is 5.27. The molecule has 1 saturated heterocycles. The molecule has 3 rings (SSSR count). The van der Waals surface area contributed by atoms with E-state index in [1.54, 1.807) is 0 Å². The lowest BCUT2D eigenvalue weighted by atomic mass is 9.82. The van der Waals surface area contributed by atoms with Crippen LogP contribution in [0, 0.1) is 0 Å². The SMILES string of the molecule is Clc1[nH]cc2c1CCC21CCNC1. The number of H-pyrrole nitrogens is 1. The topological polar surface area (TPSA) is 27.8 Å². The zero-order chi connectivity index (χ0) is 8.89. The fourth-order valence-electron chi connectivity index (χ4n) is 2.83. The molecule has 0 amide bonds. The Morgan fingerprint density at radius 1 is 1.38 bits per heavy atom. The van der Waals surface area contributed by atoms with E-state index in [0.29, 0.717) is 5.41 Å². The van der Waals surface area contributed by atoms with E-state index in [4.69, 9.17) is 11.6 Å². The number of hydrogen-bond donors (Lipinski definition) is 2. The summed E-state index contributed by atoms with van der Waals surface area (Å²) in [5.74, 6) is 0. The van der Waals surface area contributed by atoms with Crippen LogP contribution in [0.25, 0.3) is 0 Å². The number of halogens is 1. The Morgan fingerprint density at radius 2 is 2.31 bits per heavy atom. The standard InChI is InChI=1S/C10H13ClN2/c11-9-7-1-2-10(3-4-12-6-10)8(7)5-13-9/h5,12-13H,1-4,6H2. The molecular formula is C10H13ClN2. The number of nitrogens with one attached hydrogen (secondary N) is 2. The van der Waals surface area contributed by atoms with Crippen LogP contribution in [0.15, 0.2) is 6.20 Å². The predicted octanol–water partition coefficient (Wildman–Crippen LogP) is 1.85. The Kier molecular flexibility index (Phi) is 1.53. The summed E-state index contributed by atoms with van der Waals surface area (Å²) in [4.78, 5) is 3.13. The highest BCUT2D eigenvalue weighted by atomic mass is 35.5. The van der Waals surface area contributed by atoms with Crippen molar-refractivity contribution in [3.8, 4) is 0 Å². The summed E-state index contributed by atoms with van der Waals surface area (Å²) in [6.45, 7) is 2.29. The van der Waals surface area contributed by atoms with Crippen LogP contribution in [0.5, 0.6) is 0 Å². The molecule has 1 spiro atoms. The van der Waals surface area contributed by atoms with Gasteiger partial charge >= 0.3 is 0 Å². The summed E-state index contributed by atoms with van der Waals surface area (Å²) >= 11 is 6.07. The number of aromatic nitrogens is 1. The van der Waals surface area contributed by atoms with Gasteiger partial charge < -0.3 is 10.3 Å². The highest BCUT2D eigenvalue weighted by Gasteiger charge is 2.42. The number of hydrogen-bond acceptors (Lipinski definition) is 1. The molecule has 1 fully saturated rings. The molecule has 70 valence electrons. The molecule has 2 aliphatic rings. The molecule has 1 aromatic rings.